The number of carbonyl (C=O) groups is 1. The van der Waals surface area contributed by atoms with Crippen molar-refractivity contribution in [3.63, 3.8) is 0 Å². The van der Waals surface area contributed by atoms with Crippen LogP contribution in [0.15, 0.2) is 22.7 Å². The van der Waals surface area contributed by atoms with Crippen LogP contribution in [-0.2, 0) is 4.79 Å². The second kappa shape index (κ2) is 6.93. The lowest BCUT2D eigenvalue weighted by atomic mass is 10.2. The number of carboxylic acids is 1. The fourth-order valence-electron chi connectivity index (χ4n) is 1.76. The summed E-state index contributed by atoms with van der Waals surface area (Å²) in [6.07, 6.45) is 0. The molecular weight excluding hydrogens is 288 g/mol. The van der Waals surface area contributed by atoms with Crippen LogP contribution in [-0.4, -0.2) is 34.4 Å². The molecule has 1 heterocycles. The van der Waals surface area contributed by atoms with Crippen molar-refractivity contribution in [3.8, 4) is 22.9 Å². The highest BCUT2D eigenvalue weighted by Crippen LogP contribution is 2.32. The fraction of sp³-hybridized carbons (Fsp3) is 0.400. The van der Waals surface area contributed by atoms with Gasteiger partial charge in [0.15, 0.2) is 18.1 Å². The van der Waals surface area contributed by atoms with Crippen molar-refractivity contribution in [2.75, 3.05) is 13.2 Å². The third-order valence-corrected chi connectivity index (χ3v) is 2.79. The molecule has 0 atom stereocenters. The average molecular weight is 306 g/mol. The van der Waals surface area contributed by atoms with Crippen molar-refractivity contribution >= 4 is 5.97 Å². The number of hydrogen-bond donors (Lipinski definition) is 1. The minimum Gasteiger partial charge on any atom is -0.490 e. The van der Waals surface area contributed by atoms with E-state index in [2.05, 4.69) is 10.1 Å². The number of nitrogens with zero attached hydrogens (tertiary/aromatic N) is 2. The fourth-order valence-corrected chi connectivity index (χ4v) is 1.76. The van der Waals surface area contributed by atoms with E-state index in [-0.39, 0.29) is 5.92 Å². The van der Waals surface area contributed by atoms with Gasteiger partial charge in [-0.1, -0.05) is 19.0 Å². The monoisotopic (exact) mass is 306 g/mol. The number of hydrogen-bond acceptors (Lipinski definition) is 6. The molecule has 7 nitrogen and oxygen atoms in total. The lowest BCUT2D eigenvalue weighted by Crippen LogP contribution is -2.10. The highest BCUT2D eigenvalue weighted by atomic mass is 16.5. The Kier molecular flexibility index (Phi) is 4.98. The van der Waals surface area contributed by atoms with E-state index in [1.54, 1.807) is 18.2 Å². The summed E-state index contributed by atoms with van der Waals surface area (Å²) >= 11 is 0. The Balaban J connectivity index is 2.28. The molecule has 0 radical (unpaired) electrons. The van der Waals surface area contributed by atoms with Gasteiger partial charge in [0, 0.05) is 11.5 Å². The van der Waals surface area contributed by atoms with Crippen molar-refractivity contribution < 1.29 is 23.9 Å². The van der Waals surface area contributed by atoms with Gasteiger partial charge in [-0.25, -0.2) is 4.79 Å². The largest absolute Gasteiger partial charge is 0.490 e. The predicted molar refractivity (Wildman–Crippen MR) is 78.1 cm³/mol. The van der Waals surface area contributed by atoms with Gasteiger partial charge in [0.05, 0.1) is 6.61 Å². The zero-order valence-corrected chi connectivity index (χ0v) is 12.7. The van der Waals surface area contributed by atoms with Crippen LogP contribution < -0.4 is 9.47 Å². The molecule has 22 heavy (non-hydrogen) atoms. The molecule has 2 rings (SSSR count). The Hall–Kier alpha value is -2.57. The molecule has 0 aliphatic heterocycles. The first-order valence-electron chi connectivity index (χ1n) is 6.96. The molecule has 118 valence electrons. The molecule has 0 aliphatic rings. The maximum absolute atomic E-state index is 10.6. The smallest absolute Gasteiger partial charge is 0.341 e. The normalized spacial score (nSPS) is 10.7. The van der Waals surface area contributed by atoms with Gasteiger partial charge >= 0.3 is 5.97 Å². The third-order valence-electron chi connectivity index (χ3n) is 2.79. The van der Waals surface area contributed by atoms with E-state index in [1.807, 2.05) is 20.8 Å². The number of aromatic nitrogens is 2. The molecule has 1 aromatic carbocycles. The quantitative estimate of drug-likeness (QED) is 0.840. The van der Waals surface area contributed by atoms with E-state index in [0.29, 0.717) is 35.4 Å². The Labute approximate surface area is 127 Å². The minimum atomic E-state index is -1.05. The second-order valence-corrected chi connectivity index (χ2v) is 4.89. The molecular formula is C15H18N2O5. The zero-order chi connectivity index (χ0) is 16.1. The van der Waals surface area contributed by atoms with Gasteiger partial charge in [0.2, 0.25) is 11.7 Å². The lowest BCUT2D eigenvalue weighted by Gasteiger charge is -2.11. The number of benzene rings is 1. The number of carboxylic acid groups (broad SMARTS) is 1. The standard InChI is InChI=1S/C15H18N2O5/c1-4-20-12-7-10(5-6-11(12)21-8-13(18)19)14-16-15(9(2)3)22-17-14/h5-7,9H,4,8H2,1-3H3,(H,18,19). The molecule has 1 aromatic heterocycles. The molecule has 2 aromatic rings. The summed E-state index contributed by atoms with van der Waals surface area (Å²) in [5, 5.41) is 12.6. The molecule has 0 saturated carbocycles. The van der Waals surface area contributed by atoms with E-state index in [9.17, 15) is 4.79 Å². The lowest BCUT2D eigenvalue weighted by molar-refractivity contribution is -0.139. The molecule has 0 spiro atoms. The first kappa shape index (κ1) is 15.8. The van der Waals surface area contributed by atoms with Gasteiger partial charge in [-0.3, -0.25) is 0 Å². The van der Waals surface area contributed by atoms with Gasteiger partial charge in [-0.2, -0.15) is 4.98 Å². The topological polar surface area (TPSA) is 94.7 Å². The molecule has 0 amide bonds. The molecule has 0 aliphatic carbocycles. The highest BCUT2D eigenvalue weighted by molar-refractivity contribution is 5.69. The van der Waals surface area contributed by atoms with Crippen molar-refractivity contribution in [2.45, 2.75) is 26.7 Å². The zero-order valence-electron chi connectivity index (χ0n) is 12.7. The molecule has 0 unspecified atom stereocenters. The van der Waals surface area contributed by atoms with Crippen LogP contribution in [0.4, 0.5) is 0 Å². The van der Waals surface area contributed by atoms with Crippen molar-refractivity contribution in [2.24, 2.45) is 0 Å². The average Bonchev–Trinajstić information content (AvgIpc) is 2.96. The van der Waals surface area contributed by atoms with E-state index < -0.39 is 12.6 Å². The molecule has 0 fully saturated rings. The maximum atomic E-state index is 10.6. The van der Waals surface area contributed by atoms with E-state index in [0.717, 1.165) is 0 Å². The first-order chi connectivity index (χ1) is 10.5. The van der Waals surface area contributed by atoms with Gasteiger partial charge in [-0.05, 0) is 25.1 Å². The summed E-state index contributed by atoms with van der Waals surface area (Å²) in [6.45, 7) is 5.76. The van der Waals surface area contributed by atoms with Crippen molar-refractivity contribution in [1.82, 2.24) is 10.1 Å². The molecule has 7 heteroatoms. The Morgan fingerprint density at radius 2 is 2.09 bits per heavy atom. The third kappa shape index (κ3) is 3.75. The summed E-state index contributed by atoms with van der Waals surface area (Å²) in [7, 11) is 0. The molecule has 0 bridgehead atoms. The first-order valence-corrected chi connectivity index (χ1v) is 6.96. The van der Waals surface area contributed by atoms with Crippen LogP contribution >= 0.6 is 0 Å². The molecule has 1 N–H and O–H groups in total. The van der Waals surface area contributed by atoms with Crippen LogP contribution in [0.1, 0.15) is 32.6 Å². The van der Waals surface area contributed by atoms with Gasteiger partial charge < -0.3 is 19.1 Å². The van der Waals surface area contributed by atoms with E-state index >= 15 is 0 Å². The van der Waals surface area contributed by atoms with Crippen LogP contribution in [0.25, 0.3) is 11.4 Å². The summed E-state index contributed by atoms with van der Waals surface area (Å²) in [6, 6.07) is 5.07. The minimum absolute atomic E-state index is 0.144. The Bertz CT molecular complexity index is 651. The van der Waals surface area contributed by atoms with Gasteiger partial charge in [0.25, 0.3) is 0 Å². The van der Waals surface area contributed by atoms with Crippen LogP contribution in [0.5, 0.6) is 11.5 Å². The summed E-state index contributed by atoms with van der Waals surface area (Å²) in [5.41, 5.74) is 0.710. The Morgan fingerprint density at radius 1 is 1.32 bits per heavy atom. The number of rotatable bonds is 7. The van der Waals surface area contributed by atoms with Crippen LogP contribution in [0.3, 0.4) is 0 Å². The SMILES string of the molecule is CCOc1cc(-c2noc(C(C)C)n2)ccc1OCC(=O)O. The summed E-state index contributed by atoms with van der Waals surface area (Å²) in [5.74, 6) is 0.906. The van der Waals surface area contributed by atoms with Crippen molar-refractivity contribution in [1.29, 1.82) is 0 Å². The van der Waals surface area contributed by atoms with Crippen molar-refractivity contribution in [3.05, 3.63) is 24.1 Å². The van der Waals surface area contributed by atoms with Crippen LogP contribution in [0, 0.1) is 0 Å². The number of ether oxygens (including phenoxy) is 2. The molecule has 0 saturated heterocycles. The highest BCUT2D eigenvalue weighted by Gasteiger charge is 2.14. The second-order valence-electron chi connectivity index (χ2n) is 4.89. The van der Waals surface area contributed by atoms with Gasteiger partial charge in [0.1, 0.15) is 0 Å². The van der Waals surface area contributed by atoms with E-state index in [4.69, 9.17) is 19.1 Å². The summed E-state index contributed by atoms with van der Waals surface area (Å²) in [4.78, 5) is 14.9. The van der Waals surface area contributed by atoms with Gasteiger partial charge in [-0.15, -0.1) is 0 Å². The predicted octanol–water partition coefficient (Wildman–Crippen LogP) is 2.72. The summed E-state index contributed by atoms with van der Waals surface area (Å²) < 4.78 is 15.9. The maximum Gasteiger partial charge on any atom is 0.341 e. The Morgan fingerprint density at radius 3 is 2.68 bits per heavy atom. The van der Waals surface area contributed by atoms with Crippen LogP contribution in [0.2, 0.25) is 0 Å². The van der Waals surface area contributed by atoms with E-state index in [1.165, 1.54) is 0 Å². The number of aliphatic carboxylic acids is 1.